The Balaban J connectivity index is 1.48. The van der Waals surface area contributed by atoms with Crippen molar-refractivity contribution in [3.8, 4) is 0 Å². The second-order valence-electron chi connectivity index (χ2n) is 19.1. The summed E-state index contributed by atoms with van der Waals surface area (Å²) < 4.78 is 0. The molecule has 3 aliphatic rings. The summed E-state index contributed by atoms with van der Waals surface area (Å²) in [6.07, 6.45) is 21.2. The lowest BCUT2D eigenvalue weighted by atomic mass is 9.63. The Morgan fingerprint density at radius 1 is 0.488 bits per heavy atom. The van der Waals surface area contributed by atoms with Crippen molar-refractivity contribution in [2.75, 3.05) is 0 Å². The SMILES string of the molecule is CC(C)C1CC(CCCCCCCCCC(C2CC(C(C)C)NC(C)(C)C2)C2CC(C(C)C)NC(C)(C)C2)CC(C)(C)N1. The largest absolute Gasteiger partial charge is 0.309 e. The highest BCUT2D eigenvalue weighted by Crippen LogP contribution is 2.45. The number of hydrogen-bond acceptors (Lipinski definition) is 3. The van der Waals surface area contributed by atoms with E-state index in [-0.39, 0.29) is 11.1 Å². The zero-order chi connectivity index (χ0) is 32.0. The van der Waals surface area contributed by atoms with Gasteiger partial charge in [-0.25, -0.2) is 0 Å². The van der Waals surface area contributed by atoms with Crippen LogP contribution in [0.25, 0.3) is 0 Å². The maximum absolute atomic E-state index is 4.04. The van der Waals surface area contributed by atoms with Crippen LogP contribution in [0.5, 0.6) is 0 Å². The van der Waals surface area contributed by atoms with Crippen molar-refractivity contribution in [1.29, 1.82) is 0 Å². The van der Waals surface area contributed by atoms with Gasteiger partial charge in [0.1, 0.15) is 0 Å². The third kappa shape index (κ3) is 12.2. The molecule has 3 rings (SSSR count). The van der Waals surface area contributed by atoms with E-state index in [1.54, 1.807) is 0 Å². The fourth-order valence-electron chi connectivity index (χ4n) is 9.90. The van der Waals surface area contributed by atoms with Crippen LogP contribution in [0.4, 0.5) is 0 Å². The highest BCUT2D eigenvalue weighted by Gasteiger charge is 2.44. The number of rotatable bonds is 15. The number of hydrogen-bond donors (Lipinski definition) is 3. The van der Waals surface area contributed by atoms with E-state index in [2.05, 4.69) is 99.0 Å². The lowest BCUT2D eigenvalue weighted by Crippen LogP contribution is -2.58. The first-order chi connectivity index (χ1) is 20.0. The number of nitrogens with one attached hydrogen (secondary N) is 3. The van der Waals surface area contributed by atoms with Gasteiger partial charge in [-0.2, -0.15) is 0 Å². The molecule has 0 spiro atoms. The molecule has 3 N–H and O–H groups in total. The van der Waals surface area contributed by atoms with Crippen LogP contribution < -0.4 is 16.0 Å². The zero-order valence-corrected chi connectivity index (χ0v) is 31.4. The van der Waals surface area contributed by atoms with Gasteiger partial charge in [-0.05, 0) is 128 Å². The molecule has 3 heteroatoms. The molecule has 3 fully saturated rings. The van der Waals surface area contributed by atoms with Gasteiger partial charge < -0.3 is 16.0 Å². The maximum Gasteiger partial charge on any atom is 0.0130 e. The summed E-state index contributed by atoms with van der Waals surface area (Å²) in [7, 11) is 0. The quantitative estimate of drug-likeness (QED) is 0.163. The summed E-state index contributed by atoms with van der Waals surface area (Å²) >= 11 is 0. The minimum Gasteiger partial charge on any atom is -0.309 e. The van der Waals surface area contributed by atoms with Crippen LogP contribution >= 0.6 is 0 Å². The third-order valence-electron chi connectivity index (χ3n) is 12.0. The summed E-state index contributed by atoms with van der Waals surface area (Å²) in [5.41, 5.74) is 0.833. The molecule has 0 aromatic rings. The highest BCUT2D eigenvalue weighted by atomic mass is 15.0. The number of unbranched alkanes of at least 4 members (excludes halogenated alkanes) is 6. The van der Waals surface area contributed by atoms with E-state index in [1.807, 2.05) is 0 Å². The molecule has 0 bridgehead atoms. The second kappa shape index (κ2) is 16.1. The van der Waals surface area contributed by atoms with Crippen molar-refractivity contribution in [3.63, 3.8) is 0 Å². The van der Waals surface area contributed by atoms with E-state index in [0.29, 0.717) is 35.5 Å². The summed E-state index contributed by atoms with van der Waals surface area (Å²) in [6.45, 7) is 29.3. The van der Waals surface area contributed by atoms with Gasteiger partial charge in [0.2, 0.25) is 0 Å². The summed E-state index contributed by atoms with van der Waals surface area (Å²) in [5.74, 6) is 5.72. The molecule has 6 atom stereocenters. The van der Waals surface area contributed by atoms with Crippen LogP contribution in [0.3, 0.4) is 0 Å². The fourth-order valence-corrected chi connectivity index (χ4v) is 9.90. The molecule has 3 heterocycles. The minimum atomic E-state index is 0.260. The fraction of sp³-hybridized carbons (Fsp3) is 1.00. The van der Waals surface area contributed by atoms with Crippen LogP contribution in [0.2, 0.25) is 0 Å². The van der Waals surface area contributed by atoms with E-state index < -0.39 is 0 Å². The third-order valence-corrected chi connectivity index (χ3v) is 12.0. The lowest BCUT2D eigenvalue weighted by molar-refractivity contribution is 0.0382. The number of piperidine rings is 3. The van der Waals surface area contributed by atoms with E-state index >= 15 is 0 Å². The Hall–Kier alpha value is -0.120. The molecule has 0 amide bonds. The Labute approximate surface area is 271 Å². The van der Waals surface area contributed by atoms with E-state index in [4.69, 9.17) is 0 Å². The van der Waals surface area contributed by atoms with Crippen molar-refractivity contribution in [3.05, 3.63) is 0 Å². The van der Waals surface area contributed by atoms with Gasteiger partial charge in [-0.1, -0.05) is 92.9 Å². The van der Waals surface area contributed by atoms with Crippen molar-refractivity contribution < 1.29 is 0 Å². The topological polar surface area (TPSA) is 36.1 Å². The molecule has 3 aliphatic heterocycles. The Kier molecular flexibility index (Phi) is 14.0. The van der Waals surface area contributed by atoms with Crippen LogP contribution in [0.15, 0.2) is 0 Å². The predicted octanol–water partition coefficient (Wildman–Crippen LogP) is 10.5. The van der Waals surface area contributed by atoms with Gasteiger partial charge in [0.15, 0.2) is 0 Å². The molecule has 0 aromatic heterocycles. The highest BCUT2D eigenvalue weighted by molar-refractivity contribution is 5.00. The molecule has 0 aromatic carbocycles. The zero-order valence-electron chi connectivity index (χ0n) is 31.4. The van der Waals surface area contributed by atoms with Crippen molar-refractivity contribution in [2.45, 2.75) is 214 Å². The first-order valence-electron chi connectivity index (χ1n) is 19.3. The molecule has 3 saturated heterocycles. The van der Waals surface area contributed by atoms with Crippen LogP contribution in [0.1, 0.15) is 179 Å². The molecule has 0 aliphatic carbocycles. The van der Waals surface area contributed by atoms with Gasteiger partial charge in [-0.3, -0.25) is 0 Å². The summed E-state index contributed by atoms with van der Waals surface area (Å²) in [4.78, 5) is 0. The minimum absolute atomic E-state index is 0.260. The molecule has 254 valence electrons. The van der Waals surface area contributed by atoms with Crippen molar-refractivity contribution in [1.82, 2.24) is 16.0 Å². The lowest BCUT2D eigenvalue weighted by Gasteiger charge is -2.51. The average molecular weight is 602 g/mol. The molecular weight excluding hydrogens is 522 g/mol. The standard InChI is InChI=1S/C40H79N3/c1-28(2)35-22-31(25-38(7,8)41-35)20-18-16-14-13-15-17-19-21-34(32-23-36(29(3)4)42-39(9,10)26-32)33-24-37(30(5)6)43-40(11,12)27-33/h28-37,41-43H,13-27H2,1-12H3. The Morgan fingerprint density at radius 3 is 1.30 bits per heavy atom. The van der Waals surface area contributed by atoms with Crippen LogP contribution in [0, 0.1) is 41.4 Å². The monoisotopic (exact) mass is 602 g/mol. The first kappa shape index (κ1) is 37.3. The Morgan fingerprint density at radius 2 is 0.860 bits per heavy atom. The second-order valence-corrected chi connectivity index (χ2v) is 19.1. The normalized spacial score (nSPS) is 33.3. The van der Waals surface area contributed by atoms with Crippen molar-refractivity contribution in [2.24, 2.45) is 41.4 Å². The van der Waals surface area contributed by atoms with Gasteiger partial charge in [0.25, 0.3) is 0 Å². The van der Waals surface area contributed by atoms with Crippen molar-refractivity contribution >= 4 is 0 Å². The molecule has 3 nitrogen and oxygen atoms in total. The molecule has 43 heavy (non-hydrogen) atoms. The van der Waals surface area contributed by atoms with Gasteiger partial charge in [-0.15, -0.1) is 0 Å². The van der Waals surface area contributed by atoms with Crippen LogP contribution in [-0.4, -0.2) is 34.7 Å². The smallest absolute Gasteiger partial charge is 0.0130 e. The first-order valence-corrected chi connectivity index (χ1v) is 19.3. The predicted molar refractivity (Wildman–Crippen MR) is 191 cm³/mol. The summed E-state index contributed by atoms with van der Waals surface area (Å²) in [6, 6.07) is 2.04. The van der Waals surface area contributed by atoms with Gasteiger partial charge in [0, 0.05) is 34.7 Å². The van der Waals surface area contributed by atoms with E-state index in [9.17, 15) is 0 Å². The molecule has 0 saturated carbocycles. The average Bonchev–Trinajstić information content (AvgIpc) is 2.86. The Bertz CT molecular complexity index is 758. The maximum atomic E-state index is 4.04. The summed E-state index contributed by atoms with van der Waals surface area (Å²) in [5, 5.41) is 12.0. The molecule has 6 unspecified atom stereocenters. The van der Waals surface area contributed by atoms with E-state index in [0.717, 1.165) is 29.6 Å². The molecular formula is C40H79N3. The van der Waals surface area contributed by atoms with Gasteiger partial charge >= 0.3 is 0 Å². The van der Waals surface area contributed by atoms with Gasteiger partial charge in [0.05, 0.1) is 0 Å². The molecule has 0 radical (unpaired) electrons. The van der Waals surface area contributed by atoms with Crippen LogP contribution in [-0.2, 0) is 0 Å². The van der Waals surface area contributed by atoms with E-state index in [1.165, 1.54) is 96.3 Å².